The summed E-state index contributed by atoms with van der Waals surface area (Å²) in [5.74, 6) is 0. The number of nitrogens with zero attached hydrogens (tertiary/aromatic N) is 4. The Bertz CT molecular complexity index is 578. The second kappa shape index (κ2) is 15.4. The standard InChI is InChI=1S/2C7H7.C6H15N3.C4H9N.Ti/c2*1-7-5-3-2-4-6-7;1-7-4-8(2)6-9(3)5-7;1-4(2,3)5;/h2*2-6H,1H2;4-6H2,1-3H3;1-3H3;/q2*-1;;;. The van der Waals surface area contributed by atoms with Crippen LogP contribution in [0.15, 0.2) is 64.1 Å². The van der Waals surface area contributed by atoms with Crippen molar-refractivity contribution in [3.05, 3.63) is 85.6 Å². The molecule has 0 bridgehead atoms. The first-order chi connectivity index (χ1) is 13.5. The second-order valence-electron chi connectivity index (χ2n) is 8.25. The van der Waals surface area contributed by atoms with Gasteiger partial charge in [0.1, 0.15) is 0 Å². The third-order valence-corrected chi connectivity index (χ3v) is 4.52. The molecule has 0 radical (unpaired) electrons. The fourth-order valence-electron chi connectivity index (χ4n) is 2.33. The molecule has 0 unspecified atom stereocenters. The zero-order valence-electron chi connectivity index (χ0n) is 19.1. The van der Waals surface area contributed by atoms with E-state index >= 15 is 0 Å². The summed E-state index contributed by atoms with van der Waals surface area (Å²) in [6.45, 7) is 16.9. The van der Waals surface area contributed by atoms with Gasteiger partial charge < -0.3 is 0 Å². The maximum atomic E-state index is 4.02. The molecule has 0 atom stereocenters. The molecule has 0 aliphatic carbocycles. The average Bonchev–Trinajstić information content (AvgIpc) is 2.63. The van der Waals surface area contributed by atoms with Gasteiger partial charge in [0.25, 0.3) is 0 Å². The minimum absolute atomic E-state index is 0.167. The van der Waals surface area contributed by atoms with Crippen LogP contribution in [0.5, 0.6) is 0 Å². The Labute approximate surface area is 191 Å². The topological polar surface area (TPSA) is 22.1 Å². The van der Waals surface area contributed by atoms with Crippen molar-refractivity contribution < 1.29 is 20.3 Å². The molecule has 1 aliphatic heterocycles. The molecule has 0 amide bonds. The number of hydrogen-bond acceptors (Lipinski definition) is 4. The summed E-state index contributed by atoms with van der Waals surface area (Å²) in [5.41, 5.74) is 2.31. The van der Waals surface area contributed by atoms with Gasteiger partial charge in [-0.05, 0) is 21.1 Å². The number of rotatable bonds is 0. The molecular weight excluding hydrogens is 392 g/mol. The Morgan fingerprint density at radius 3 is 1.07 bits per heavy atom. The Kier molecular flexibility index (Phi) is 14.7. The predicted molar refractivity (Wildman–Crippen MR) is 122 cm³/mol. The zero-order chi connectivity index (χ0) is 22.3. The van der Waals surface area contributed by atoms with E-state index in [-0.39, 0.29) is 5.54 Å². The molecular formula is C24H38N4Ti-2. The van der Waals surface area contributed by atoms with Gasteiger partial charge in [0, 0.05) is 0 Å². The maximum absolute atomic E-state index is 4.02. The minimum Gasteiger partial charge on any atom is -0.280 e. The van der Waals surface area contributed by atoms with Crippen LogP contribution in [0.2, 0.25) is 0 Å². The molecule has 1 fully saturated rings. The van der Waals surface area contributed by atoms with Crippen LogP contribution in [-0.4, -0.2) is 61.4 Å². The summed E-state index contributed by atoms with van der Waals surface area (Å²) in [5, 5.41) is 0. The van der Waals surface area contributed by atoms with Crippen molar-refractivity contribution in [3.63, 3.8) is 0 Å². The summed E-state index contributed by atoms with van der Waals surface area (Å²) < 4.78 is 4.02. The normalized spacial score (nSPS) is 14.8. The molecule has 2 aromatic carbocycles. The summed E-state index contributed by atoms with van der Waals surface area (Å²) in [4.78, 5) is 6.84. The Balaban J connectivity index is 0.000000365. The van der Waals surface area contributed by atoms with Gasteiger partial charge in [-0.2, -0.15) is 49.2 Å². The third kappa shape index (κ3) is 18.3. The molecule has 2 aromatic rings. The predicted octanol–water partition coefficient (Wildman–Crippen LogP) is 4.92. The van der Waals surface area contributed by atoms with Crippen molar-refractivity contribution in [1.29, 1.82) is 0 Å². The van der Waals surface area contributed by atoms with E-state index in [0.717, 1.165) is 31.1 Å². The van der Waals surface area contributed by atoms with E-state index in [4.69, 9.17) is 0 Å². The van der Waals surface area contributed by atoms with Gasteiger partial charge in [-0.15, -0.1) is 24.3 Å². The SMILES string of the molecule is CC(C)(C)[N]=[Ti].CN1CN(C)CN(C)C1.[CH2-]c1ccccc1.[CH2-]c1ccccc1. The molecule has 5 heteroatoms. The molecule has 0 saturated carbocycles. The van der Waals surface area contributed by atoms with Crippen molar-refractivity contribution in [2.24, 2.45) is 3.42 Å². The van der Waals surface area contributed by atoms with Crippen LogP contribution in [0.3, 0.4) is 0 Å². The van der Waals surface area contributed by atoms with E-state index in [1.165, 1.54) is 0 Å². The number of hydrogen-bond donors (Lipinski definition) is 0. The molecule has 0 spiro atoms. The molecule has 1 saturated heterocycles. The van der Waals surface area contributed by atoms with Crippen LogP contribution in [0.25, 0.3) is 0 Å². The van der Waals surface area contributed by atoms with Gasteiger partial charge in [0.15, 0.2) is 0 Å². The largest absolute Gasteiger partial charge is 0.280 e. The fourth-order valence-corrected chi connectivity index (χ4v) is 2.33. The maximum Gasteiger partial charge on any atom is 0.0523 e. The van der Waals surface area contributed by atoms with Gasteiger partial charge in [-0.3, -0.25) is 14.7 Å². The third-order valence-electron chi connectivity index (χ3n) is 3.47. The van der Waals surface area contributed by atoms with Crippen LogP contribution in [0, 0.1) is 13.8 Å². The van der Waals surface area contributed by atoms with E-state index in [1.54, 1.807) is 0 Å². The summed E-state index contributed by atoms with van der Waals surface area (Å²) in [6.07, 6.45) is 0. The summed E-state index contributed by atoms with van der Waals surface area (Å²) in [7, 11) is 6.39. The van der Waals surface area contributed by atoms with E-state index < -0.39 is 0 Å². The van der Waals surface area contributed by atoms with E-state index in [2.05, 4.69) is 73.9 Å². The summed E-state index contributed by atoms with van der Waals surface area (Å²) in [6, 6.07) is 19.7. The monoisotopic (exact) mass is 430 g/mol. The first-order valence-electron chi connectivity index (χ1n) is 9.71. The fraction of sp³-hybridized carbons (Fsp3) is 0.417. The van der Waals surface area contributed by atoms with Crippen LogP contribution in [0.4, 0.5) is 0 Å². The van der Waals surface area contributed by atoms with Crippen molar-refractivity contribution in [2.45, 2.75) is 26.3 Å². The molecule has 3 rings (SSSR count). The van der Waals surface area contributed by atoms with Gasteiger partial charge in [0.05, 0.1) is 20.0 Å². The Morgan fingerprint density at radius 2 is 0.931 bits per heavy atom. The van der Waals surface area contributed by atoms with Gasteiger partial charge in [-0.1, -0.05) is 12.1 Å². The smallest absolute Gasteiger partial charge is 0.0523 e. The first kappa shape index (κ1) is 27.6. The van der Waals surface area contributed by atoms with E-state index in [1.807, 2.05) is 80.9 Å². The minimum atomic E-state index is 0.167. The number of benzene rings is 2. The quantitative estimate of drug-likeness (QED) is 0.438. The summed E-state index contributed by atoms with van der Waals surface area (Å²) >= 11 is 1.83. The first-order valence-corrected chi connectivity index (χ1v) is 10.4. The molecule has 4 nitrogen and oxygen atoms in total. The molecule has 1 aliphatic rings. The van der Waals surface area contributed by atoms with E-state index in [0.29, 0.717) is 0 Å². The van der Waals surface area contributed by atoms with Crippen molar-refractivity contribution in [2.75, 3.05) is 41.1 Å². The Hall–Kier alpha value is -1.43. The van der Waals surface area contributed by atoms with Crippen LogP contribution >= 0.6 is 0 Å². The molecule has 160 valence electrons. The average molecular weight is 430 g/mol. The van der Waals surface area contributed by atoms with E-state index in [9.17, 15) is 0 Å². The molecule has 0 aromatic heterocycles. The second-order valence-corrected chi connectivity index (χ2v) is 8.60. The van der Waals surface area contributed by atoms with Gasteiger partial charge in [0.2, 0.25) is 0 Å². The van der Waals surface area contributed by atoms with Gasteiger partial charge in [-0.25, -0.2) is 0 Å². The van der Waals surface area contributed by atoms with Crippen LogP contribution < -0.4 is 0 Å². The van der Waals surface area contributed by atoms with Crippen molar-refractivity contribution in [3.8, 4) is 0 Å². The molecule has 0 N–H and O–H groups in total. The molecule has 29 heavy (non-hydrogen) atoms. The van der Waals surface area contributed by atoms with Crippen LogP contribution in [0.1, 0.15) is 31.9 Å². The van der Waals surface area contributed by atoms with Gasteiger partial charge >= 0.3 is 50.0 Å². The van der Waals surface area contributed by atoms with Crippen LogP contribution in [-0.2, 0) is 20.3 Å². The Morgan fingerprint density at radius 1 is 0.690 bits per heavy atom. The van der Waals surface area contributed by atoms with Crippen molar-refractivity contribution in [1.82, 2.24) is 14.7 Å². The van der Waals surface area contributed by atoms with Crippen molar-refractivity contribution >= 4 is 0 Å². The zero-order valence-corrected chi connectivity index (χ0v) is 20.7. The molecule has 1 heterocycles.